The van der Waals surface area contributed by atoms with E-state index in [0.717, 1.165) is 17.3 Å². The minimum Gasteiger partial charge on any atom is -0.376 e. The summed E-state index contributed by atoms with van der Waals surface area (Å²) in [6.07, 6.45) is 9.61. The molecule has 3 aromatic heterocycles. The molecule has 3 heterocycles. The van der Waals surface area contributed by atoms with Gasteiger partial charge in [-0.1, -0.05) is 6.58 Å². The van der Waals surface area contributed by atoms with Crippen molar-refractivity contribution in [1.82, 2.24) is 24.7 Å². The van der Waals surface area contributed by atoms with Crippen molar-refractivity contribution in [3.63, 3.8) is 0 Å². The van der Waals surface area contributed by atoms with Gasteiger partial charge in [-0.3, -0.25) is 14.5 Å². The second-order valence-corrected chi connectivity index (χ2v) is 7.82. The Labute approximate surface area is 201 Å². The van der Waals surface area contributed by atoms with E-state index in [4.69, 9.17) is 0 Å². The van der Waals surface area contributed by atoms with Crippen molar-refractivity contribution in [2.24, 2.45) is 7.05 Å². The van der Waals surface area contributed by atoms with Gasteiger partial charge in [-0.15, -0.1) is 0 Å². The molecule has 0 spiro atoms. The highest BCUT2D eigenvalue weighted by atomic mass is 19.1. The van der Waals surface area contributed by atoms with Crippen molar-refractivity contribution >= 4 is 40.4 Å². The Morgan fingerprint density at radius 2 is 1.94 bits per heavy atom. The SMILES string of the molecule is C=CC(=O)Nc1ccc(F)c(Nc2nc(Nc3cnn(C)c3)ncc2-c2cncc(N(C)C)c2)c1. The predicted octanol–water partition coefficient (Wildman–Crippen LogP) is 4.09. The van der Waals surface area contributed by atoms with Crippen molar-refractivity contribution in [3.8, 4) is 11.1 Å². The third-order valence-electron chi connectivity index (χ3n) is 4.97. The van der Waals surface area contributed by atoms with E-state index in [-0.39, 0.29) is 11.6 Å². The van der Waals surface area contributed by atoms with Crippen LogP contribution in [0.4, 0.5) is 38.9 Å². The Balaban J connectivity index is 1.76. The molecule has 0 saturated heterocycles. The molecule has 35 heavy (non-hydrogen) atoms. The highest BCUT2D eigenvalue weighted by molar-refractivity contribution is 5.99. The van der Waals surface area contributed by atoms with Gasteiger partial charge in [-0.05, 0) is 30.3 Å². The molecule has 0 unspecified atom stereocenters. The summed E-state index contributed by atoms with van der Waals surface area (Å²) in [5.41, 5.74) is 3.45. The lowest BCUT2D eigenvalue weighted by atomic mass is 10.1. The van der Waals surface area contributed by atoms with Crippen LogP contribution in [0.1, 0.15) is 0 Å². The molecule has 0 aliphatic carbocycles. The van der Waals surface area contributed by atoms with Crippen molar-refractivity contribution in [3.05, 3.63) is 73.7 Å². The summed E-state index contributed by atoms with van der Waals surface area (Å²) in [6.45, 7) is 3.43. The number of pyridine rings is 1. The number of benzene rings is 1. The number of carbonyl (C=O) groups is 1. The van der Waals surface area contributed by atoms with Crippen molar-refractivity contribution in [2.45, 2.75) is 0 Å². The van der Waals surface area contributed by atoms with Gasteiger partial charge < -0.3 is 20.9 Å². The fourth-order valence-electron chi connectivity index (χ4n) is 3.20. The van der Waals surface area contributed by atoms with Crippen LogP contribution < -0.4 is 20.9 Å². The second kappa shape index (κ2) is 10.00. The van der Waals surface area contributed by atoms with Crippen LogP contribution in [0, 0.1) is 5.82 Å². The van der Waals surface area contributed by atoms with Crippen LogP contribution >= 0.6 is 0 Å². The number of nitrogens with zero attached hydrogens (tertiary/aromatic N) is 6. The van der Waals surface area contributed by atoms with Crippen LogP contribution in [-0.4, -0.2) is 44.7 Å². The molecule has 1 aromatic carbocycles. The summed E-state index contributed by atoms with van der Waals surface area (Å²) >= 11 is 0. The smallest absolute Gasteiger partial charge is 0.247 e. The third kappa shape index (κ3) is 5.58. The minimum absolute atomic E-state index is 0.121. The first-order chi connectivity index (χ1) is 16.8. The number of anilines is 6. The second-order valence-electron chi connectivity index (χ2n) is 7.82. The molecule has 10 nitrogen and oxygen atoms in total. The van der Waals surface area contributed by atoms with Crippen LogP contribution in [0.5, 0.6) is 0 Å². The fourth-order valence-corrected chi connectivity index (χ4v) is 3.20. The first-order valence-corrected chi connectivity index (χ1v) is 10.6. The maximum atomic E-state index is 14.7. The van der Waals surface area contributed by atoms with E-state index in [0.29, 0.717) is 22.8 Å². The van der Waals surface area contributed by atoms with Gasteiger partial charge in [-0.25, -0.2) is 9.37 Å². The van der Waals surface area contributed by atoms with E-state index in [2.05, 4.69) is 42.6 Å². The molecule has 0 fully saturated rings. The fraction of sp³-hybridized carbons (Fsp3) is 0.125. The van der Waals surface area contributed by atoms with E-state index in [1.165, 1.54) is 18.2 Å². The predicted molar refractivity (Wildman–Crippen MR) is 135 cm³/mol. The molecule has 0 aliphatic rings. The third-order valence-corrected chi connectivity index (χ3v) is 4.97. The molecule has 0 saturated carbocycles. The molecule has 4 aromatic rings. The number of hydrogen-bond donors (Lipinski definition) is 3. The van der Waals surface area contributed by atoms with Gasteiger partial charge in [-0.2, -0.15) is 10.1 Å². The first kappa shape index (κ1) is 23.4. The molecular formula is C24H24FN9O. The summed E-state index contributed by atoms with van der Waals surface area (Å²) in [4.78, 5) is 26.9. The topological polar surface area (TPSA) is 113 Å². The van der Waals surface area contributed by atoms with Crippen LogP contribution in [0.15, 0.2) is 67.9 Å². The number of hydrogen-bond acceptors (Lipinski definition) is 8. The Morgan fingerprint density at radius 1 is 1.11 bits per heavy atom. The average Bonchev–Trinajstić information content (AvgIpc) is 3.25. The Kier molecular flexibility index (Phi) is 6.67. The number of amides is 1. The molecular weight excluding hydrogens is 449 g/mol. The number of nitrogens with one attached hydrogen (secondary N) is 3. The minimum atomic E-state index is -0.520. The molecule has 0 radical (unpaired) electrons. The van der Waals surface area contributed by atoms with E-state index in [1.807, 2.05) is 25.1 Å². The highest BCUT2D eigenvalue weighted by Gasteiger charge is 2.15. The van der Waals surface area contributed by atoms with Crippen LogP contribution in [0.3, 0.4) is 0 Å². The van der Waals surface area contributed by atoms with Crippen LogP contribution in [0.2, 0.25) is 0 Å². The van der Waals surface area contributed by atoms with Gasteiger partial charge in [0.05, 0.1) is 29.5 Å². The maximum absolute atomic E-state index is 14.7. The van der Waals surface area contributed by atoms with Crippen LogP contribution in [-0.2, 0) is 11.8 Å². The van der Waals surface area contributed by atoms with Gasteiger partial charge in [0.2, 0.25) is 11.9 Å². The lowest BCUT2D eigenvalue weighted by Gasteiger charge is -2.16. The van der Waals surface area contributed by atoms with Gasteiger partial charge in [0.1, 0.15) is 11.6 Å². The standard InChI is InChI=1S/C24H24FN9O/c1-5-22(35)29-16-6-7-20(25)21(9-16)31-23-19(15-8-18(33(2)3)12-26-10-15)13-27-24(32-23)30-17-11-28-34(4)14-17/h5-14H,1H2,2-4H3,(H,29,35)(H2,27,30,31,32). The normalized spacial score (nSPS) is 10.5. The Morgan fingerprint density at radius 3 is 2.66 bits per heavy atom. The van der Waals surface area contributed by atoms with E-state index in [9.17, 15) is 9.18 Å². The zero-order valence-corrected chi connectivity index (χ0v) is 19.5. The maximum Gasteiger partial charge on any atom is 0.247 e. The van der Waals surface area contributed by atoms with Gasteiger partial charge in [0, 0.05) is 56.5 Å². The zero-order valence-electron chi connectivity index (χ0n) is 19.5. The zero-order chi connectivity index (χ0) is 24.9. The summed E-state index contributed by atoms with van der Waals surface area (Å²) in [5, 5.41) is 12.9. The van der Waals surface area contributed by atoms with Crippen molar-refractivity contribution in [1.29, 1.82) is 0 Å². The number of aromatic nitrogens is 5. The molecule has 0 aliphatic heterocycles. The quantitative estimate of drug-likeness (QED) is 0.328. The molecule has 1 amide bonds. The van der Waals surface area contributed by atoms with E-state index >= 15 is 0 Å². The van der Waals surface area contributed by atoms with Crippen LogP contribution in [0.25, 0.3) is 11.1 Å². The number of halogens is 1. The Hall–Kier alpha value is -4.80. The number of carbonyl (C=O) groups excluding carboxylic acids is 1. The van der Waals surface area contributed by atoms with Gasteiger partial charge in [0.15, 0.2) is 0 Å². The lowest BCUT2D eigenvalue weighted by Crippen LogP contribution is -2.09. The molecule has 0 bridgehead atoms. The van der Waals surface area contributed by atoms with Gasteiger partial charge >= 0.3 is 0 Å². The van der Waals surface area contributed by atoms with Crippen molar-refractivity contribution in [2.75, 3.05) is 34.9 Å². The molecule has 178 valence electrons. The highest BCUT2D eigenvalue weighted by Crippen LogP contribution is 2.32. The van der Waals surface area contributed by atoms with E-state index < -0.39 is 11.7 Å². The van der Waals surface area contributed by atoms with Crippen molar-refractivity contribution < 1.29 is 9.18 Å². The number of rotatable bonds is 8. The molecule has 3 N–H and O–H groups in total. The number of aryl methyl sites for hydroxylation is 1. The molecule has 4 rings (SSSR count). The summed E-state index contributed by atoms with van der Waals surface area (Å²) in [6, 6.07) is 6.13. The first-order valence-electron chi connectivity index (χ1n) is 10.6. The lowest BCUT2D eigenvalue weighted by molar-refractivity contribution is -0.111. The summed E-state index contributed by atoms with van der Waals surface area (Å²) in [7, 11) is 5.62. The monoisotopic (exact) mass is 473 g/mol. The molecule has 11 heteroatoms. The summed E-state index contributed by atoms with van der Waals surface area (Å²) in [5.74, 6) is -0.291. The van der Waals surface area contributed by atoms with Gasteiger partial charge in [0.25, 0.3) is 0 Å². The molecule has 0 atom stereocenters. The summed E-state index contributed by atoms with van der Waals surface area (Å²) < 4.78 is 16.4. The largest absolute Gasteiger partial charge is 0.376 e. The average molecular weight is 474 g/mol. The van der Waals surface area contributed by atoms with E-state index in [1.54, 1.807) is 42.7 Å². The Bertz CT molecular complexity index is 1380.